The third kappa shape index (κ3) is 6.47. The SMILES string of the molecule is CCOC(=S)c1nc(CCC(C)C)cn1-c1ccc(Cl)c(OCCCOC)c1. The van der Waals surface area contributed by atoms with E-state index in [2.05, 4.69) is 13.8 Å². The predicted octanol–water partition coefficient (Wildman–Crippen LogP) is 5.24. The summed E-state index contributed by atoms with van der Waals surface area (Å²) < 4.78 is 18.4. The van der Waals surface area contributed by atoms with Crippen molar-refractivity contribution in [3.05, 3.63) is 40.9 Å². The van der Waals surface area contributed by atoms with Gasteiger partial charge >= 0.3 is 0 Å². The van der Waals surface area contributed by atoms with Crippen molar-refractivity contribution < 1.29 is 14.2 Å². The van der Waals surface area contributed by atoms with Gasteiger partial charge in [-0.1, -0.05) is 25.4 Å². The van der Waals surface area contributed by atoms with E-state index in [0.29, 0.717) is 47.4 Å². The molecule has 0 N–H and O–H groups in total. The lowest BCUT2D eigenvalue weighted by Crippen LogP contribution is -2.11. The van der Waals surface area contributed by atoms with Crippen LogP contribution in [0.1, 0.15) is 45.1 Å². The molecule has 2 rings (SSSR count). The molecule has 0 aliphatic carbocycles. The topological polar surface area (TPSA) is 45.5 Å². The number of ether oxygens (including phenoxy) is 3. The number of benzene rings is 1. The fourth-order valence-electron chi connectivity index (χ4n) is 2.66. The normalized spacial score (nSPS) is 11.1. The summed E-state index contributed by atoms with van der Waals surface area (Å²) in [5.41, 5.74) is 1.87. The van der Waals surface area contributed by atoms with Crippen LogP contribution in [0.15, 0.2) is 24.4 Å². The molecule has 1 aromatic heterocycles. The number of methoxy groups -OCH3 is 1. The van der Waals surface area contributed by atoms with E-state index in [1.807, 2.05) is 35.9 Å². The highest BCUT2D eigenvalue weighted by atomic mass is 35.5. The van der Waals surface area contributed by atoms with E-state index in [1.54, 1.807) is 7.11 Å². The van der Waals surface area contributed by atoms with Crippen LogP contribution in [0.25, 0.3) is 5.69 Å². The van der Waals surface area contributed by atoms with Gasteiger partial charge in [0.25, 0.3) is 0 Å². The first-order valence-corrected chi connectivity index (χ1v) is 10.4. The van der Waals surface area contributed by atoms with Gasteiger partial charge in [0, 0.05) is 32.4 Å². The van der Waals surface area contributed by atoms with Crippen molar-refractivity contribution in [2.24, 2.45) is 5.92 Å². The van der Waals surface area contributed by atoms with Gasteiger partial charge in [0.15, 0.2) is 5.82 Å². The number of aromatic nitrogens is 2. The smallest absolute Gasteiger partial charge is 0.228 e. The van der Waals surface area contributed by atoms with Gasteiger partial charge in [-0.3, -0.25) is 4.57 Å². The summed E-state index contributed by atoms with van der Waals surface area (Å²) in [6.07, 6.45) is 4.76. The van der Waals surface area contributed by atoms with E-state index >= 15 is 0 Å². The van der Waals surface area contributed by atoms with E-state index < -0.39 is 0 Å². The molecule has 0 aliphatic heterocycles. The van der Waals surface area contributed by atoms with Crippen LogP contribution in [0.2, 0.25) is 5.02 Å². The van der Waals surface area contributed by atoms with Gasteiger partial charge in [-0.2, -0.15) is 0 Å². The largest absolute Gasteiger partial charge is 0.492 e. The maximum Gasteiger partial charge on any atom is 0.228 e. The maximum absolute atomic E-state index is 6.31. The molecule has 2 aromatic rings. The molecule has 0 amide bonds. The van der Waals surface area contributed by atoms with Gasteiger partial charge in [0.05, 0.1) is 29.6 Å². The Balaban J connectivity index is 2.31. The van der Waals surface area contributed by atoms with Crippen LogP contribution in [0.4, 0.5) is 0 Å². The first kappa shape index (κ1) is 22.7. The van der Waals surface area contributed by atoms with E-state index in [1.165, 1.54) is 0 Å². The van der Waals surface area contributed by atoms with Crippen LogP contribution in [-0.2, 0) is 15.9 Å². The van der Waals surface area contributed by atoms with Crippen LogP contribution < -0.4 is 4.74 Å². The summed E-state index contributed by atoms with van der Waals surface area (Å²) in [6, 6.07) is 5.65. The summed E-state index contributed by atoms with van der Waals surface area (Å²) in [5, 5.41) is 0.950. The second-order valence-corrected chi connectivity index (χ2v) is 7.67. The molecule has 154 valence electrons. The molecule has 0 bridgehead atoms. The molecule has 28 heavy (non-hydrogen) atoms. The van der Waals surface area contributed by atoms with E-state index in [-0.39, 0.29) is 0 Å². The third-order valence-corrected chi connectivity index (χ3v) is 4.75. The lowest BCUT2D eigenvalue weighted by atomic mass is 10.1. The first-order valence-electron chi connectivity index (χ1n) is 9.63. The number of aryl methyl sites for hydroxylation is 1. The van der Waals surface area contributed by atoms with Gasteiger partial charge < -0.3 is 14.2 Å². The van der Waals surface area contributed by atoms with Crippen molar-refractivity contribution in [2.75, 3.05) is 26.9 Å². The molecule has 0 atom stereocenters. The van der Waals surface area contributed by atoms with Crippen molar-refractivity contribution in [1.82, 2.24) is 9.55 Å². The molecule has 0 aliphatic rings. The molecule has 0 saturated heterocycles. The van der Waals surface area contributed by atoms with Gasteiger partial charge in [0.2, 0.25) is 5.05 Å². The Morgan fingerprint density at radius 1 is 1.29 bits per heavy atom. The molecular formula is C21H29ClN2O3S. The number of thiocarbonyl (C=S) groups is 1. The summed E-state index contributed by atoms with van der Waals surface area (Å²) in [5.74, 6) is 1.86. The number of rotatable bonds is 11. The van der Waals surface area contributed by atoms with Gasteiger partial charge in [0.1, 0.15) is 5.75 Å². The standard InChI is InChI=1S/C21H29ClN2O3S/c1-5-26-21(28)20-23-16(8-7-15(2)3)14-24(20)17-9-10-18(22)19(13-17)27-12-6-11-25-4/h9-10,13-15H,5-8,11-12H2,1-4H3. The van der Waals surface area contributed by atoms with Gasteiger partial charge in [-0.05, 0) is 50.0 Å². The number of nitrogens with zero attached hydrogens (tertiary/aromatic N) is 2. The Morgan fingerprint density at radius 2 is 2.07 bits per heavy atom. The van der Waals surface area contributed by atoms with Crippen LogP contribution >= 0.6 is 23.8 Å². The Hall–Kier alpha value is -1.63. The minimum Gasteiger partial charge on any atom is -0.492 e. The van der Waals surface area contributed by atoms with E-state index in [9.17, 15) is 0 Å². The number of hydrogen-bond donors (Lipinski definition) is 0. The zero-order valence-corrected chi connectivity index (χ0v) is 18.6. The molecule has 0 saturated carbocycles. The Bertz CT molecular complexity index is 777. The molecule has 0 fully saturated rings. The molecule has 0 unspecified atom stereocenters. The second-order valence-electron chi connectivity index (χ2n) is 6.89. The minimum atomic E-state index is 0.385. The van der Waals surface area contributed by atoms with Crippen LogP contribution in [0.5, 0.6) is 5.75 Å². The maximum atomic E-state index is 6.31. The highest BCUT2D eigenvalue weighted by Crippen LogP contribution is 2.28. The van der Waals surface area contributed by atoms with E-state index in [0.717, 1.165) is 30.6 Å². The van der Waals surface area contributed by atoms with Crippen LogP contribution in [-0.4, -0.2) is 41.5 Å². The van der Waals surface area contributed by atoms with E-state index in [4.69, 9.17) is 43.0 Å². The summed E-state index contributed by atoms with van der Waals surface area (Å²) in [7, 11) is 1.67. The first-order chi connectivity index (χ1) is 13.5. The summed E-state index contributed by atoms with van der Waals surface area (Å²) >= 11 is 11.7. The minimum absolute atomic E-state index is 0.385. The molecular weight excluding hydrogens is 396 g/mol. The average molecular weight is 425 g/mol. The highest BCUT2D eigenvalue weighted by molar-refractivity contribution is 7.80. The average Bonchev–Trinajstić information content (AvgIpc) is 3.09. The molecule has 0 spiro atoms. The molecule has 5 nitrogen and oxygen atoms in total. The lowest BCUT2D eigenvalue weighted by molar-refractivity contribution is 0.172. The van der Waals surface area contributed by atoms with Gasteiger partial charge in [-0.15, -0.1) is 0 Å². The van der Waals surface area contributed by atoms with Crippen molar-refractivity contribution in [3.8, 4) is 11.4 Å². The monoisotopic (exact) mass is 424 g/mol. The Kier molecular flexibility index (Phi) is 9.22. The number of imidazole rings is 1. The van der Waals surface area contributed by atoms with Crippen molar-refractivity contribution in [3.63, 3.8) is 0 Å². The predicted molar refractivity (Wildman–Crippen MR) is 117 cm³/mol. The van der Waals surface area contributed by atoms with Crippen molar-refractivity contribution >= 4 is 28.9 Å². The lowest BCUT2D eigenvalue weighted by Gasteiger charge is -2.12. The Morgan fingerprint density at radius 3 is 2.75 bits per heavy atom. The van der Waals surface area contributed by atoms with Crippen molar-refractivity contribution in [2.45, 2.75) is 40.0 Å². The summed E-state index contributed by atoms with van der Waals surface area (Å²) in [6.45, 7) is 7.99. The molecule has 1 aromatic carbocycles. The van der Waals surface area contributed by atoms with Gasteiger partial charge in [-0.25, -0.2) is 4.98 Å². The highest BCUT2D eigenvalue weighted by Gasteiger charge is 2.16. The van der Waals surface area contributed by atoms with Crippen LogP contribution in [0.3, 0.4) is 0 Å². The summed E-state index contributed by atoms with van der Waals surface area (Å²) in [4.78, 5) is 4.72. The van der Waals surface area contributed by atoms with Crippen molar-refractivity contribution in [1.29, 1.82) is 0 Å². The number of halogens is 1. The zero-order chi connectivity index (χ0) is 20.5. The fourth-order valence-corrected chi connectivity index (χ4v) is 3.09. The fraction of sp³-hybridized carbons (Fsp3) is 0.524. The molecule has 7 heteroatoms. The van der Waals surface area contributed by atoms with Crippen LogP contribution in [0, 0.1) is 5.92 Å². The quantitative estimate of drug-likeness (QED) is 0.364. The second kappa shape index (κ2) is 11.4. The third-order valence-electron chi connectivity index (χ3n) is 4.13. The molecule has 1 heterocycles. The zero-order valence-electron chi connectivity index (χ0n) is 17.0. The molecule has 0 radical (unpaired) electrons. The Labute approximate surface area is 178 Å². The number of hydrogen-bond acceptors (Lipinski definition) is 5.